The Kier molecular flexibility index (Phi) is 14.2. The van der Waals surface area contributed by atoms with Crippen molar-refractivity contribution in [2.45, 2.75) is 129 Å². The molecule has 0 aromatic heterocycles. The van der Waals surface area contributed by atoms with Gasteiger partial charge >= 0.3 is 12.2 Å². The lowest BCUT2D eigenvalue weighted by atomic mass is 9.82. The van der Waals surface area contributed by atoms with E-state index in [-0.39, 0.29) is 37.1 Å². The monoisotopic (exact) mass is 680 g/mol. The smallest absolute Gasteiger partial charge is 0.410 e. The average Bonchev–Trinajstić information content (AvgIpc) is 2.90. The molecule has 4 rings (SSSR count). The van der Waals surface area contributed by atoms with Gasteiger partial charge in [0, 0.05) is 38.0 Å². The number of likely N-dealkylation sites (tertiary alicyclic amines) is 2. The molecule has 0 aromatic rings. The van der Waals surface area contributed by atoms with Crippen molar-refractivity contribution in [3.8, 4) is 23.7 Å². The summed E-state index contributed by atoms with van der Waals surface area (Å²) in [6, 6.07) is 0. The van der Waals surface area contributed by atoms with Crippen LogP contribution in [-0.2, 0) is 18.9 Å². The number of rotatable bonds is 4. The van der Waals surface area contributed by atoms with E-state index in [0.29, 0.717) is 31.0 Å². The number of nitrogens with zero attached hydrogens (tertiary/aromatic N) is 2. The number of carbonyl (C=O) groups is 2. The molecule has 0 spiro atoms. The molecule has 4 aliphatic rings. The molecule has 0 atom stereocenters. The number of aliphatic hydroxyl groups excluding tert-OH is 1. The summed E-state index contributed by atoms with van der Waals surface area (Å²) < 4.78 is 23.0. The predicted octanol–water partition coefficient (Wildman–Crippen LogP) is 5.76. The van der Waals surface area contributed by atoms with E-state index in [1.165, 1.54) is 0 Å². The van der Waals surface area contributed by atoms with E-state index in [1.54, 1.807) is 9.80 Å². The van der Waals surface area contributed by atoms with Gasteiger partial charge in [-0.2, -0.15) is 0 Å². The molecule has 0 unspecified atom stereocenters. The fourth-order valence-electron chi connectivity index (χ4n) is 5.51. The Morgan fingerprint density at radius 3 is 1.36 bits per heavy atom. The number of aliphatic hydroxyl groups is 1. The Morgan fingerprint density at radius 1 is 0.682 bits per heavy atom. The zero-order valence-electron chi connectivity index (χ0n) is 27.5. The first-order valence-electron chi connectivity index (χ1n) is 16.1. The van der Waals surface area contributed by atoms with Gasteiger partial charge in [0.2, 0.25) is 0 Å². The van der Waals surface area contributed by atoms with E-state index < -0.39 is 11.2 Å². The Morgan fingerprint density at radius 2 is 1.05 bits per heavy atom. The zero-order chi connectivity index (χ0) is 32.3. The molecule has 0 aromatic carbocycles. The van der Waals surface area contributed by atoms with Gasteiger partial charge in [0.25, 0.3) is 0 Å². The second kappa shape index (κ2) is 17.1. The first-order chi connectivity index (χ1) is 20.7. The lowest BCUT2D eigenvalue weighted by molar-refractivity contribution is -0.0853. The molecule has 2 saturated carbocycles. The van der Waals surface area contributed by atoms with E-state index in [9.17, 15) is 9.59 Å². The topological polar surface area (TPSA) is 97.8 Å². The Bertz CT molecular complexity index is 952. The van der Waals surface area contributed by atoms with Gasteiger partial charge in [-0.3, -0.25) is 0 Å². The molecule has 2 heterocycles. The van der Waals surface area contributed by atoms with Crippen LogP contribution in [0.15, 0.2) is 0 Å². The van der Waals surface area contributed by atoms with Gasteiger partial charge in [-0.25, -0.2) is 9.59 Å². The van der Waals surface area contributed by atoms with Crippen LogP contribution in [0.3, 0.4) is 0 Å². The van der Waals surface area contributed by atoms with Gasteiger partial charge in [-0.15, -0.1) is 0 Å². The second-order valence-electron chi connectivity index (χ2n) is 14.1. The maximum Gasteiger partial charge on any atom is 0.410 e. The van der Waals surface area contributed by atoms with Gasteiger partial charge in [-0.1, -0.05) is 39.6 Å². The number of piperidine rings is 2. The number of carbonyl (C=O) groups excluding carboxylic acids is 2. The molecule has 2 saturated heterocycles. The van der Waals surface area contributed by atoms with E-state index in [4.69, 9.17) is 24.1 Å². The molecule has 9 nitrogen and oxygen atoms in total. The first-order valence-corrected chi connectivity index (χ1v) is 17.3. The lowest BCUT2D eigenvalue weighted by Crippen LogP contribution is -2.45. The van der Waals surface area contributed by atoms with Crippen LogP contribution >= 0.6 is 15.9 Å². The SMILES string of the molecule is CC(C)(C)OC(=O)N1CCC(OC2CC(C#CCBr)C2)CC1.CC(C)(C)OC(=O)N1CCC(OC2CC(C#CCO)C2)CC1. The summed E-state index contributed by atoms with van der Waals surface area (Å²) in [5, 5.41) is 9.40. The molecule has 44 heavy (non-hydrogen) atoms. The highest BCUT2D eigenvalue weighted by atomic mass is 79.9. The minimum atomic E-state index is -0.443. The highest BCUT2D eigenvalue weighted by molar-refractivity contribution is 9.09. The predicted molar refractivity (Wildman–Crippen MR) is 173 cm³/mol. The summed E-state index contributed by atoms with van der Waals surface area (Å²) in [4.78, 5) is 27.5. The zero-order valence-corrected chi connectivity index (χ0v) is 29.1. The van der Waals surface area contributed by atoms with Crippen molar-refractivity contribution in [2.75, 3.05) is 38.1 Å². The quantitative estimate of drug-likeness (QED) is 0.298. The van der Waals surface area contributed by atoms with Crippen molar-refractivity contribution in [2.24, 2.45) is 11.8 Å². The van der Waals surface area contributed by atoms with Gasteiger partial charge in [0.05, 0.1) is 29.7 Å². The summed E-state index contributed by atoms with van der Waals surface area (Å²) in [5.41, 5.74) is -0.873. The summed E-state index contributed by atoms with van der Waals surface area (Å²) in [6.07, 6.45) is 8.24. The van der Waals surface area contributed by atoms with Crippen molar-refractivity contribution >= 4 is 28.1 Å². The first kappa shape index (κ1) is 36.5. The molecule has 2 amide bonds. The van der Waals surface area contributed by atoms with Crippen molar-refractivity contribution in [1.29, 1.82) is 0 Å². The minimum absolute atomic E-state index is 0.0643. The molecular weight excluding hydrogens is 628 g/mol. The van der Waals surface area contributed by atoms with Crippen LogP contribution < -0.4 is 0 Å². The number of ether oxygens (including phenoxy) is 4. The summed E-state index contributed by atoms with van der Waals surface area (Å²) >= 11 is 3.31. The highest BCUT2D eigenvalue weighted by Gasteiger charge is 2.35. The van der Waals surface area contributed by atoms with Crippen LogP contribution in [0.2, 0.25) is 0 Å². The van der Waals surface area contributed by atoms with Gasteiger partial charge in [0.1, 0.15) is 17.8 Å². The summed E-state index contributed by atoms with van der Waals surface area (Å²) in [6.45, 7) is 14.1. The summed E-state index contributed by atoms with van der Waals surface area (Å²) in [5.74, 6) is 12.9. The molecule has 10 heteroatoms. The van der Waals surface area contributed by atoms with Crippen molar-refractivity contribution in [3.63, 3.8) is 0 Å². The molecule has 2 aliphatic carbocycles. The highest BCUT2D eigenvalue weighted by Crippen LogP contribution is 2.33. The van der Waals surface area contributed by atoms with Crippen molar-refractivity contribution in [3.05, 3.63) is 0 Å². The number of hydrogen-bond donors (Lipinski definition) is 1. The normalized spacial score (nSPS) is 25.9. The molecular formula is C34H53BrN2O7. The third-order valence-electron chi connectivity index (χ3n) is 7.91. The van der Waals surface area contributed by atoms with Gasteiger partial charge in [0.15, 0.2) is 0 Å². The van der Waals surface area contributed by atoms with Crippen LogP contribution in [0.5, 0.6) is 0 Å². The third kappa shape index (κ3) is 13.2. The molecule has 0 bridgehead atoms. The van der Waals surface area contributed by atoms with E-state index in [1.807, 2.05) is 41.5 Å². The van der Waals surface area contributed by atoms with Crippen LogP contribution in [-0.4, -0.2) is 101 Å². The Hall–Kier alpha value is -1.98. The maximum atomic E-state index is 12.0. The summed E-state index contributed by atoms with van der Waals surface area (Å²) in [7, 11) is 0. The van der Waals surface area contributed by atoms with Crippen molar-refractivity contribution < 1.29 is 33.6 Å². The number of hydrogen-bond acceptors (Lipinski definition) is 7. The van der Waals surface area contributed by atoms with Crippen LogP contribution in [0.4, 0.5) is 9.59 Å². The van der Waals surface area contributed by atoms with Gasteiger partial charge < -0.3 is 33.9 Å². The van der Waals surface area contributed by atoms with Crippen molar-refractivity contribution in [1.82, 2.24) is 9.80 Å². The average molecular weight is 682 g/mol. The molecule has 1 N–H and O–H groups in total. The van der Waals surface area contributed by atoms with Crippen LogP contribution in [0.25, 0.3) is 0 Å². The minimum Gasteiger partial charge on any atom is -0.444 e. The third-order valence-corrected chi connectivity index (χ3v) is 8.19. The standard InChI is InChI=1S/C17H26BrNO3.C17H27NO4/c1-17(2,3)22-16(20)19-9-6-14(7-10-19)21-15-11-13(12-15)5-4-8-18;1-17(2,3)22-16(20)18-8-6-14(7-9-18)21-15-11-13(12-15)5-4-10-19/h13-15H,6-12H2,1-3H3;13-15,19H,6-12H2,1-3H3. The fourth-order valence-corrected chi connectivity index (χ4v) is 5.67. The molecule has 248 valence electrons. The second-order valence-corrected chi connectivity index (χ2v) is 14.7. The number of halogens is 1. The van der Waals surface area contributed by atoms with Gasteiger partial charge in [-0.05, 0) is 92.9 Å². The molecule has 2 aliphatic heterocycles. The maximum absolute atomic E-state index is 12.0. The van der Waals surface area contributed by atoms with E-state index in [0.717, 1.165) is 69.8 Å². The molecule has 0 radical (unpaired) electrons. The Labute approximate surface area is 273 Å². The van der Waals surface area contributed by atoms with Crippen LogP contribution in [0, 0.1) is 35.5 Å². The number of amides is 2. The largest absolute Gasteiger partial charge is 0.444 e. The number of alkyl halides is 1. The van der Waals surface area contributed by atoms with E-state index in [2.05, 4.69) is 39.6 Å². The fraction of sp³-hybridized carbons (Fsp3) is 0.824. The molecule has 4 fully saturated rings. The van der Waals surface area contributed by atoms with E-state index >= 15 is 0 Å². The Balaban J connectivity index is 0.000000240. The van der Waals surface area contributed by atoms with Crippen LogP contribution in [0.1, 0.15) is 92.9 Å². The lowest BCUT2D eigenvalue weighted by Gasteiger charge is -2.38.